The van der Waals surface area contributed by atoms with Crippen molar-refractivity contribution in [3.63, 3.8) is 0 Å². The molecule has 0 aliphatic carbocycles. The summed E-state index contributed by atoms with van der Waals surface area (Å²) in [5.74, 6) is 1.49. The van der Waals surface area contributed by atoms with E-state index >= 15 is 0 Å². The van der Waals surface area contributed by atoms with E-state index in [-0.39, 0.29) is 17.0 Å². The number of hydrogen-bond donors (Lipinski definition) is 3. The summed E-state index contributed by atoms with van der Waals surface area (Å²) in [5.41, 5.74) is 2.76. The highest BCUT2D eigenvalue weighted by Crippen LogP contribution is 2.24. The molecule has 0 saturated heterocycles. The molecule has 0 spiro atoms. The number of carbonyl (C=O) groups excluding carboxylic acids is 1. The molecule has 3 N–H and O–H groups in total. The molecule has 0 aliphatic heterocycles. The van der Waals surface area contributed by atoms with Crippen LogP contribution in [0.25, 0.3) is 0 Å². The van der Waals surface area contributed by atoms with E-state index in [0.29, 0.717) is 43.4 Å². The first-order chi connectivity index (χ1) is 23.3. The number of aryl methyl sites for hydroxylation is 1. The topological polar surface area (TPSA) is 135 Å². The van der Waals surface area contributed by atoms with Crippen LogP contribution in [-0.4, -0.2) is 60.6 Å². The number of nitrogens with zero attached hydrogens (tertiary/aromatic N) is 3. The number of esters is 1. The Labute approximate surface area is 290 Å². The van der Waals surface area contributed by atoms with Gasteiger partial charge in [0, 0.05) is 48.2 Å². The lowest BCUT2D eigenvalue weighted by Gasteiger charge is -2.22. The third kappa shape index (κ3) is 12.8. The molecule has 0 saturated carbocycles. The smallest absolute Gasteiger partial charge is 0.306 e. The molecule has 11 nitrogen and oxygen atoms in total. The van der Waals surface area contributed by atoms with Crippen LogP contribution in [-0.2, 0) is 26.1 Å². The van der Waals surface area contributed by atoms with Crippen LogP contribution < -0.4 is 20.1 Å². The van der Waals surface area contributed by atoms with E-state index in [1.807, 2.05) is 63.2 Å². The quantitative estimate of drug-likeness (QED) is 0.1000. The Balaban J connectivity index is 1.33. The van der Waals surface area contributed by atoms with E-state index < -0.39 is 15.6 Å². The number of carbonyl (C=O) groups is 1. The average Bonchev–Trinajstić information content (AvgIpc) is 3.02. The average molecular weight is 689 g/mol. The fourth-order valence-electron chi connectivity index (χ4n) is 4.91. The van der Waals surface area contributed by atoms with Gasteiger partial charge in [-0.25, -0.2) is 18.1 Å². The van der Waals surface area contributed by atoms with Gasteiger partial charge in [-0.2, -0.15) is 4.98 Å². The van der Waals surface area contributed by atoms with Gasteiger partial charge in [-0.3, -0.25) is 9.69 Å². The molecule has 4 rings (SSSR count). The highest BCUT2D eigenvalue weighted by molar-refractivity contribution is 7.89. The van der Waals surface area contributed by atoms with Gasteiger partial charge in [0.25, 0.3) is 0 Å². The molecule has 0 fully saturated rings. The summed E-state index contributed by atoms with van der Waals surface area (Å²) in [6.07, 6.45) is 2.68. The fraction of sp³-hybridized carbons (Fsp3) is 0.378. The van der Waals surface area contributed by atoms with Gasteiger partial charge in [0.05, 0.1) is 11.0 Å². The number of sulfonamides is 1. The predicted molar refractivity (Wildman–Crippen MR) is 194 cm³/mol. The van der Waals surface area contributed by atoms with E-state index in [1.54, 1.807) is 51.2 Å². The van der Waals surface area contributed by atoms with Crippen LogP contribution >= 0.6 is 0 Å². The molecule has 0 atom stereocenters. The molecule has 49 heavy (non-hydrogen) atoms. The van der Waals surface area contributed by atoms with Crippen molar-refractivity contribution in [2.75, 3.05) is 30.3 Å². The molecule has 0 bridgehead atoms. The van der Waals surface area contributed by atoms with E-state index in [9.17, 15) is 13.2 Å². The molecule has 1 heterocycles. The maximum Gasteiger partial charge on any atom is 0.306 e. The van der Waals surface area contributed by atoms with Crippen molar-refractivity contribution in [1.29, 1.82) is 0 Å². The summed E-state index contributed by atoms with van der Waals surface area (Å²) >= 11 is 0. The highest BCUT2D eigenvalue weighted by Gasteiger charge is 2.22. The second kappa shape index (κ2) is 17.2. The van der Waals surface area contributed by atoms with Crippen molar-refractivity contribution < 1.29 is 22.7 Å². The van der Waals surface area contributed by atoms with Gasteiger partial charge in [-0.1, -0.05) is 36.4 Å². The van der Waals surface area contributed by atoms with Crippen molar-refractivity contribution >= 4 is 39.1 Å². The third-order valence-electron chi connectivity index (χ3n) is 7.08. The first kappa shape index (κ1) is 37.3. The molecule has 262 valence electrons. The number of rotatable bonds is 17. The van der Waals surface area contributed by atoms with E-state index in [0.717, 1.165) is 30.1 Å². The first-order valence-corrected chi connectivity index (χ1v) is 17.9. The van der Waals surface area contributed by atoms with Crippen LogP contribution in [0.2, 0.25) is 0 Å². The van der Waals surface area contributed by atoms with Crippen LogP contribution in [0.5, 0.6) is 5.75 Å². The largest absolute Gasteiger partial charge is 0.492 e. The van der Waals surface area contributed by atoms with Gasteiger partial charge >= 0.3 is 5.97 Å². The Morgan fingerprint density at radius 1 is 0.918 bits per heavy atom. The minimum atomic E-state index is -3.69. The van der Waals surface area contributed by atoms with Crippen molar-refractivity contribution in [3.8, 4) is 5.75 Å². The van der Waals surface area contributed by atoms with Crippen molar-refractivity contribution in [2.45, 2.75) is 77.5 Å². The molecule has 0 radical (unpaired) electrons. The molecule has 12 heteroatoms. The monoisotopic (exact) mass is 688 g/mol. The summed E-state index contributed by atoms with van der Waals surface area (Å²) in [5, 5.41) is 6.45. The standard InChI is InChI=1S/C37H48N6O5S/c1-27(2)48-34(44)16-11-21-43(26-29-12-8-7-9-13-29)22-23-47-32-19-17-30(18-20-32)40-36-38-25-28(3)35(41-36)39-31-14-10-15-33(24-31)49(45,46)42-37(4,5)6/h7-10,12-15,17-20,24-25,27,42H,11,16,21-23,26H2,1-6H3,(H2,38,39,40,41). The summed E-state index contributed by atoms with van der Waals surface area (Å²) in [6, 6.07) is 24.4. The molecule has 3 aromatic carbocycles. The van der Waals surface area contributed by atoms with Crippen LogP contribution in [0.1, 0.15) is 58.6 Å². The predicted octanol–water partition coefficient (Wildman–Crippen LogP) is 6.96. The molecule has 0 unspecified atom stereocenters. The van der Waals surface area contributed by atoms with E-state index in [1.165, 1.54) is 5.56 Å². The molecule has 4 aromatic rings. The van der Waals surface area contributed by atoms with Crippen molar-refractivity contribution in [1.82, 2.24) is 19.6 Å². The Morgan fingerprint density at radius 2 is 1.65 bits per heavy atom. The first-order valence-electron chi connectivity index (χ1n) is 16.5. The maximum atomic E-state index is 12.8. The number of benzene rings is 3. The fourth-order valence-corrected chi connectivity index (χ4v) is 6.37. The number of ether oxygens (including phenoxy) is 2. The number of hydrogen-bond acceptors (Lipinski definition) is 10. The number of anilines is 4. The Morgan fingerprint density at radius 3 is 2.35 bits per heavy atom. The van der Waals surface area contributed by atoms with Gasteiger partial charge in [-0.05, 0) is 103 Å². The zero-order chi connectivity index (χ0) is 35.4. The van der Waals surface area contributed by atoms with Crippen molar-refractivity contribution in [3.05, 3.63) is 96.2 Å². The lowest BCUT2D eigenvalue weighted by molar-refractivity contribution is -0.147. The second-order valence-corrected chi connectivity index (χ2v) is 14.8. The summed E-state index contributed by atoms with van der Waals surface area (Å²) in [6.45, 7) is 13.7. The van der Waals surface area contributed by atoms with Gasteiger partial charge in [0.1, 0.15) is 18.2 Å². The normalized spacial score (nSPS) is 11.8. The zero-order valence-electron chi connectivity index (χ0n) is 29.2. The molecule has 1 aromatic heterocycles. The number of nitrogens with one attached hydrogen (secondary N) is 3. The lowest BCUT2D eigenvalue weighted by atomic mass is 10.1. The minimum absolute atomic E-state index is 0.110. The van der Waals surface area contributed by atoms with Gasteiger partial charge in [0.2, 0.25) is 16.0 Å². The SMILES string of the molecule is Cc1cnc(Nc2ccc(OCCN(CCCC(=O)OC(C)C)Cc3ccccc3)cc2)nc1Nc1cccc(S(=O)(=O)NC(C)(C)C)c1. The Hall–Kier alpha value is -4.52. The molecular formula is C37H48N6O5S. The summed E-state index contributed by atoms with van der Waals surface area (Å²) < 4.78 is 39.7. The summed E-state index contributed by atoms with van der Waals surface area (Å²) in [7, 11) is -3.69. The Kier molecular flexibility index (Phi) is 13.1. The van der Waals surface area contributed by atoms with Crippen molar-refractivity contribution in [2.24, 2.45) is 0 Å². The van der Waals surface area contributed by atoms with Gasteiger partial charge in [-0.15, -0.1) is 0 Å². The van der Waals surface area contributed by atoms with Crippen LogP contribution in [0.15, 0.2) is 90.0 Å². The zero-order valence-corrected chi connectivity index (χ0v) is 30.0. The summed E-state index contributed by atoms with van der Waals surface area (Å²) in [4.78, 5) is 23.5. The van der Waals surface area contributed by atoms with Gasteiger partial charge in [0.15, 0.2) is 0 Å². The minimum Gasteiger partial charge on any atom is -0.492 e. The van der Waals surface area contributed by atoms with E-state index in [4.69, 9.17) is 9.47 Å². The molecule has 0 amide bonds. The molecular weight excluding hydrogens is 641 g/mol. The van der Waals surface area contributed by atoms with Crippen LogP contribution in [0.3, 0.4) is 0 Å². The third-order valence-corrected chi connectivity index (χ3v) is 8.83. The second-order valence-electron chi connectivity index (χ2n) is 13.1. The number of aromatic nitrogens is 2. The lowest BCUT2D eigenvalue weighted by Crippen LogP contribution is -2.40. The van der Waals surface area contributed by atoms with Gasteiger partial charge < -0.3 is 20.1 Å². The molecule has 0 aliphatic rings. The van der Waals surface area contributed by atoms with Crippen LogP contribution in [0.4, 0.5) is 23.1 Å². The highest BCUT2D eigenvalue weighted by atomic mass is 32.2. The van der Waals surface area contributed by atoms with Crippen LogP contribution in [0, 0.1) is 6.92 Å². The maximum absolute atomic E-state index is 12.8. The van der Waals surface area contributed by atoms with E-state index in [2.05, 4.69) is 42.4 Å². The Bertz CT molecular complexity index is 1760.